The maximum atomic E-state index is 12.7. The van der Waals surface area contributed by atoms with Crippen LogP contribution in [0.4, 0.5) is 0 Å². The summed E-state index contributed by atoms with van der Waals surface area (Å²) in [5.74, 6) is 6.67. The molecule has 1 aromatic rings. The first-order valence-corrected chi connectivity index (χ1v) is 8.56. The number of nitrogens with zero attached hydrogens (tertiary/aromatic N) is 4. The van der Waals surface area contributed by atoms with Gasteiger partial charge in [-0.3, -0.25) is 4.79 Å². The summed E-state index contributed by atoms with van der Waals surface area (Å²) in [6.07, 6.45) is 6.01. The molecule has 0 aromatic carbocycles. The molecule has 1 atom stereocenters. The Morgan fingerprint density at radius 2 is 2.10 bits per heavy atom. The Morgan fingerprint density at radius 1 is 1.43 bits per heavy atom. The summed E-state index contributed by atoms with van der Waals surface area (Å²) in [6.45, 7) is 6.54. The number of hydrogen-bond donors (Lipinski definition) is 1. The molecule has 0 spiro atoms. The molecule has 7 heteroatoms. The van der Waals surface area contributed by atoms with E-state index in [4.69, 9.17) is 5.84 Å². The molecule has 2 N–H and O–H groups in total. The normalized spacial score (nSPS) is 17.7. The zero-order valence-electron chi connectivity index (χ0n) is 13.1. The van der Waals surface area contributed by atoms with Crippen molar-refractivity contribution in [1.82, 2.24) is 19.8 Å². The van der Waals surface area contributed by atoms with Crippen LogP contribution in [-0.2, 0) is 4.79 Å². The highest BCUT2D eigenvalue weighted by Gasteiger charge is 2.28. The lowest BCUT2D eigenvalue weighted by Gasteiger charge is -2.35. The van der Waals surface area contributed by atoms with Gasteiger partial charge in [0.05, 0.1) is 5.25 Å². The highest BCUT2D eigenvalue weighted by atomic mass is 32.2. The summed E-state index contributed by atoms with van der Waals surface area (Å²) in [5.41, 5.74) is 0. The zero-order chi connectivity index (χ0) is 15.4. The summed E-state index contributed by atoms with van der Waals surface area (Å²) in [4.78, 5) is 14.7. The SMILES string of the molecule is CCN(C(=O)[C@H](C)Sc1nnc(C)n1N)C1CCCCC1. The molecule has 0 bridgehead atoms. The van der Waals surface area contributed by atoms with E-state index < -0.39 is 0 Å². The minimum absolute atomic E-state index is 0.176. The van der Waals surface area contributed by atoms with Crippen molar-refractivity contribution in [2.24, 2.45) is 0 Å². The summed E-state index contributed by atoms with van der Waals surface area (Å²) < 4.78 is 1.44. The Balaban J connectivity index is 2.01. The monoisotopic (exact) mass is 311 g/mol. The van der Waals surface area contributed by atoms with Gasteiger partial charge in [-0.1, -0.05) is 31.0 Å². The minimum Gasteiger partial charge on any atom is -0.339 e. The lowest BCUT2D eigenvalue weighted by Crippen LogP contribution is -2.44. The first-order chi connectivity index (χ1) is 10.0. The molecule has 1 aliphatic rings. The second-order valence-corrected chi connectivity index (χ2v) is 6.88. The smallest absolute Gasteiger partial charge is 0.236 e. The van der Waals surface area contributed by atoms with Crippen molar-refractivity contribution < 1.29 is 4.79 Å². The Bertz CT molecular complexity index is 484. The average Bonchev–Trinajstić information content (AvgIpc) is 2.81. The summed E-state index contributed by atoms with van der Waals surface area (Å²) in [6, 6.07) is 0.400. The fraction of sp³-hybridized carbons (Fsp3) is 0.786. The van der Waals surface area contributed by atoms with Crippen molar-refractivity contribution in [2.75, 3.05) is 12.4 Å². The van der Waals surface area contributed by atoms with Crippen molar-refractivity contribution >= 4 is 17.7 Å². The van der Waals surface area contributed by atoms with E-state index in [2.05, 4.69) is 17.1 Å². The molecule has 1 aromatic heterocycles. The third kappa shape index (κ3) is 3.70. The number of hydrogen-bond acceptors (Lipinski definition) is 5. The molecular formula is C14H25N5OS. The van der Waals surface area contributed by atoms with Crippen LogP contribution in [0.2, 0.25) is 0 Å². The van der Waals surface area contributed by atoms with Gasteiger partial charge in [0.1, 0.15) is 5.82 Å². The maximum absolute atomic E-state index is 12.7. The van der Waals surface area contributed by atoms with Crippen LogP contribution in [0.1, 0.15) is 51.8 Å². The summed E-state index contributed by atoms with van der Waals surface area (Å²) in [5, 5.41) is 8.34. The van der Waals surface area contributed by atoms with E-state index in [-0.39, 0.29) is 11.2 Å². The Kier molecular flexibility index (Phi) is 5.50. The molecule has 1 saturated carbocycles. The number of rotatable bonds is 5. The van der Waals surface area contributed by atoms with Crippen LogP contribution in [0.3, 0.4) is 0 Å². The van der Waals surface area contributed by atoms with Crippen LogP contribution < -0.4 is 5.84 Å². The van der Waals surface area contributed by atoms with Gasteiger partial charge in [0.2, 0.25) is 11.1 Å². The van der Waals surface area contributed by atoms with Gasteiger partial charge in [-0.25, -0.2) is 4.68 Å². The molecule has 1 amide bonds. The van der Waals surface area contributed by atoms with Gasteiger partial charge in [-0.2, -0.15) is 0 Å². The number of carbonyl (C=O) groups is 1. The zero-order valence-corrected chi connectivity index (χ0v) is 13.9. The molecular weight excluding hydrogens is 286 g/mol. The van der Waals surface area contributed by atoms with Crippen molar-refractivity contribution in [2.45, 2.75) is 69.3 Å². The number of aryl methyl sites for hydroxylation is 1. The molecule has 1 aliphatic carbocycles. The van der Waals surface area contributed by atoms with Crippen LogP contribution in [-0.4, -0.2) is 43.5 Å². The maximum Gasteiger partial charge on any atom is 0.236 e. The quantitative estimate of drug-likeness (QED) is 0.664. The van der Waals surface area contributed by atoms with Gasteiger partial charge >= 0.3 is 0 Å². The Hall–Kier alpha value is -1.24. The second kappa shape index (κ2) is 7.15. The molecule has 118 valence electrons. The lowest BCUT2D eigenvalue weighted by atomic mass is 9.94. The molecule has 0 aliphatic heterocycles. The summed E-state index contributed by atoms with van der Waals surface area (Å²) in [7, 11) is 0. The fourth-order valence-corrected chi connectivity index (χ4v) is 3.75. The third-order valence-electron chi connectivity index (χ3n) is 4.10. The van der Waals surface area contributed by atoms with Gasteiger partial charge in [0, 0.05) is 12.6 Å². The van der Waals surface area contributed by atoms with Gasteiger partial charge in [0.25, 0.3) is 0 Å². The van der Waals surface area contributed by atoms with Crippen LogP contribution in [0.5, 0.6) is 0 Å². The minimum atomic E-state index is -0.197. The first kappa shape index (κ1) is 16.1. The van der Waals surface area contributed by atoms with E-state index in [0.29, 0.717) is 17.0 Å². The van der Waals surface area contributed by atoms with E-state index in [0.717, 1.165) is 19.4 Å². The van der Waals surface area contributed by atoms with Crippen LogP contribution in [0, 0.1) is 6.92 Å². The van der Waals surface area contributed by atoms with Gasteiger partial charge in [-0.15, -0.1) is 10.2 Å². The molecule has 0 unspecified atom stereocenters. The number of nitrogen functional groups attached to an aromatic ring is 1. The number of nitrogens with two attached hydrogens (primary N) is 1. The predicted molar refractivity (Wildman–Crippen MR) is 84.5 cm³/mol. The molecule has 21 heavy (non-hydrogen) atoms. The molecule has 6 nitrogen and oxygen atoms in total. The van der Waals surface area contributed by atoms with E-state index in [1.807, 2.05) is 11.8 Å². The Morgan fingerprint density at radius 3 is 2.62 bits per heavy atom. The van der Waals surface area contributed by atoms with Crippen LogP contribution >= 0.6 is 11.8 Å². The second-order valence-electron chi connectivity index (χ2n) is 5.58. The van der Waals surface area contributed by atoms with Gasteiger partial charge < -0.3 is 10.7 Å². The molecule has 1 heterocycles. The average molecular weight is 311 g/mol. The topological polar surface area (TPSA) is 77.0 Å². The third-order valence-corrected chi connectivity index (χ3v) is 5.15. The molecule has 1 fully saturated rings. The largest absolute Gasteiger partial charge is 0.339 e. The Labute approximate surface area is 130 Å². The lowest BCUT2D eigenvalue weighted by molar-refractivity contribution is -0.133. The van der Waals surface area contributed by atoms with E-state index in [1.165, 1.54) is 35.7 Å². The fourth-order valence-electron chi connectivity index (χ4n) is 2.86. The molecule has 2 rings (SSSR count). The van der Waals surface area contributed by atoms with E-state index in [9.17, 15) is 4.79 Å². The highest BCUT2D eigenvalue weighted by Crippen LogP contribution is 2.27. The summed E-state index contributed by atoms with van der Waals surface area (Å²) >= 11 is 1.38. The van der Waals surface area contributed by atoms with Crippen molar-refractivity contribution in [3.63, 3.8) is 0 Å². The predicted octanol–water partition coefficient (Wildman–Crippen LogP) is 1.96. The van der Waals surface area contributed by atoms with E-state index in [1.54, 1.807) is 6.92 Å². The van der Waals surface area contributed by atoms with Crippen LogP contribution in [0.25, 0.3) is 0 Å². The highest BCUT2D eigenvalue weighted by molar-refractivity contribution is 8.00. The van der Waals surface area contributed by atoms with Gasteiger partial charge in [-0.05, 0) is 33.6 Å². The first-order valence-electron chi connectivity index (χ1n) is 7.68. The van der Waals surface area contributed by atoms with Crippen LogP contribution in [0.15, 0.2) is 5.16 Å². The van der Waals surface area contributed by atoms with Crippen molar-refractivity contribution in [1.29, 1.82) is 0 Å². The number of thioether (sulfide) groups is 1. The number of amides is 1. The molecule has 0 radical (unpaired) electrons. The van der Waals surface area contributed by atoms with E-state index >= 15 is 0 Å². The number of aromatic nitrogens is 3. The number of carbonyl (C=O) groups excluding carboxylic acids is 1. The van der Waals surface area contributed by atoms with Gasteiger partial charge in [0.15, 0.2) is 0 Å². The van der Waals surface area contributed by atoms with Crippen molar-refractivity contribution in [3.8, 4) is 0 Å². The van der Waals surface area contributed by atoms with Crippen molar-refractivity contribution in [3.05, 3.63) is 5.82 Å². The molecule has 0 saturated heterocycles. The standard InChI is InChI=1S/C14H25N5OS/c1-4-18(12-8-6-5-7-9-12)13(20)10(2)21-14-17-16-11(3)19(14)15/h10,12H,4-9,15H2,1-3H3/t10-/m0/s1.